The predicted molar refractivity (Wildman–Crippen MR) is 81.8 cm³/mol. The van der Waals surface area contributed by atoms with Crippen molar-refractivity contribution in [2.45, 2.75) is 0 Å². The molecule has 1 aromatic rings. The lowest BCUT2D eigenvalue weighted by Gasteiger charge is -2.32. The zero-order valence-corrected chi connectivity index (χ0v) is 14.1. The number of nitrogens with zero attached hydrogens (tertiary/aromatic N) is 2. The van der Waals surface area contributed by atoms with Gasteiger partial charge in [-0.25, -0.2) is 0 Å². The van der Waals surface area contributed by atoms with E-state index >= 15 is 0 Å². The van der Waals surface area contributed by atoms with Crippen LogP contribution in [0.2, 0.25) is 0 Å². The first-order chi connectivity index (χ1) is 9.02. The number of likely N-dealkylation sites (N-methyl/N-ethyl adjacent to an activating group) is 1. The Kier molecular flexibility index (Phi) is 4.86. The molecule has 0 bridgehead atoms. The molecule has 1 aliphatic heterocycles. The third kappa shape index (κ3) is 3.30. The van der Waals surface area contributed by atoms with Crippen LogP contribution in [0.1, 0.15) is 10.4 Å². The van der Waals surface area contributed by atoms with Crippen molar-refractivity contribution in [3.63, 3.8) is 0 Å². The van der Waals surface area contributed by atoms with Crippen LogP contribution in [0.15, 0.2) is 21.1 Å². The summed E-state index contributed by atoms with van der Waals surface area (Å²) >= 11 is 6.84. The van der Waals surface area contributed by atoms with Crippen LogP contribution in [-0.2, 0) is 0 Å². The van der Waals surface area contributed by atoms with E-state index in [1.165, 1.54) is 0 Å². The molecule has 0 saturated carbocycles. The molecule has 1 saturated heterocycles. The van der Waals surface area contributed by atoms with Crippen LogP contribution in [0.3, 0.4) is 0 Å². The number of hydrogen-bond acceptors (Lipinski definition) is 3. The molecule has 1 amide bonds. The van der Waals surface area contributed by atoms with Crippen LogP contribution >= 0.6 is 31.9 Å². The van der Waals surface area contributed by atoms with Gasteiger partial charge in [0.1, 0.15) is 5.75 Å². The second kappa shape index (κ2) is 6.24. The smallest absolute Gasteiger partial charge is 0.257 e. The van der Waals surface area contributed by atoms with Gasteiger partial charge in [0, 0.05) is 30.7 Å². The Morgan fingerprint density at radius 1 is 1.21 bits per heavy atom. The summed E-state index contributed by atoms with van der Waals surface area (Å²) in [5.74, 6) is 0.610. The van der Waals surface area contributed by atoms with E-state index in [1.807, 2.05) is 17.0 Å². The maximum absolute atomic E-state index is 12.6. The molecule has 0 N–H and O–H groups in total. The van der Waals surface area contributed by atoms with Gasteiger partial charge in [0.25, 0.3) is 5.91 Å². The van der Waals surface area contributed by atoms with Crippen molar-refractivity contribution in [2.24, 2.45) is 0 Å². The summed E-state index contributed by atoms with van der Waals surface area (Å²) in [4.78, 5) is 16.7. The van der Waals surface area contributed by atoms with Gasteiger partial charge in [-0.3, -0.25) is 4.79 Å². The van der Waals surface area contributed by atoms with E-state index in [2.05, 4.69) is 43.8 Å². The first-order valence-electron chi connectivity index (χ1n) is 6.03. The molecule has 0 unspecified atom stereocenters. The third-order valence-electron chi connectivity index (χ3n) is 3.23. The topological polar surface area (TPSA) is 32.8 Å². The number of carbonyl (C=O) groups is 1. The van der Waals surface area contributed by atoms with Crippen LogP contribution in [0.5, 0.6) is 5.75 Å². The summed E-state index contributed by atoms with van der Waals surface area (Å²) in [7, 11) is 3.65. The van der Waals surface area contributed by atoms with Gasteiger partial charge >= 0.3 is 0 Å². The van der Waals surface area contributed by atoms with E-state index in [-0.39, 0.29) is 5.91 Å². The maximum Gasteiger partial charge on any atom is 0.257 e. The van der Waals surface area contributed by atoms with Gasteiger partial charge in [-0.05, 0) is 35.1 Å². The Hall–Kier alpha value is -0.590. The summed E-state index contributed by atoms with van der Waals surface area (Å²) in [5, 5.41) is 0. The fourth-order valence-electron chi connectivity index (χ4n) is 2.11. The Labute approximate surface area is 130 Å². The number of methoxy groups -OCH3 is 1. The zero-order valence-electron chi connectivity index (χ0n) is 10.9. The molecule has 1 heterocycles. The molecule has 19 heavy (non-hydrogen) atoms. The lowest BCUT2D eigenvalue weighted by molar-refractivity contribution is 0.0660. The highest BCUT2D eigenvalue weighted by molar-refractivity contribution is 9.11. The maximum atomic E-state index is 12.6. The number of halogens is 2. The molecule has 1 aromatic carbocycles. The molecule has 1 aliphatic rings. The number of ether oxygens (including phenoxy) is 1. The number of piperazine rings is 1. The molecule has 104 valence electrons. The first kappa shape index (κ1) is 14.8. The van der Waals surface area contributed by atoms with Crippen LogP contribution < -0.4 is 4.74 Å². The van der Waals surface area contributed by atoms with Gasteiger partial charge in [-0.2, -0.15) is 0 Å². The molecule has 4 nitrogen and oxygen atoms in total. The average molecular weight is 392 g/mol. The minimum absolute atomic E-state index is 0.0203. The van der Waals surface area contributed by atoms with E-state index in [1.54, 1.807) is 7.11 Å². The molecule has 1 fully saturated rings. The number of benzene rings is 1. The molecule has 0 atom stereocenters. The van der Waals surface area contributed by atoms with Crippen molar-refractivity contribution in [3.8, 4) is 5.75 Å². The van der Waals surface area contributed by atoms with E-state index in [0.29, 0.717) is 11.3 Å². The predicted octanol–water partition coefficient (Wildman–Crippen LogP) is 2.61. The van der Waals surface area contributed by atoms with Gasteiger partial charge in [0.2, 0.25) is 0 Å². The summed E-state index contributed by atoms with van der Waals surface area (Å²) in [6, 6.07) is 3.68. The Bertz CT molecular complexity index is 486. The van der Waals surface area contributed by atoms with Crippen LogP contribution in [0.4, 0.5) is 0 Å². The molecular weight excluding hydrogens is 376 g/mol. The van der Waals surface area contributed by atoms with Crippen LogP contribution in [0.25, 0.3) is 0 Å². The molecule has 0 radical (unpaired) electrons. The van der Waals surface area contributed by atoms with E-state index in [0.717, 1.165) is 35.1 Å². The molecule has 6 heteroatoms. The summed E-state index contributed by atoms with van der Waals surface area (Å²) in [5.41, 5.74) is 0.591. The zero-order chi connectivity index (χ0) is 14.0. The van der Waals surface area contributed by atoms with Gasteiger partial charge in [0.05, 0.1) is 17.1 Å². The standard InChI is InChI=1S/C13H16Br2N2O2/c1-16-3-5-17(6-4-16)13(18)10-7-9(14)8-11(15)12(10)19-2/h7-8H,3-6H2,1-2H3. The third-order valence-corrected chi connectivity index (χ3v) is 4.28. The van der Waals surface area contributed by atoms with Crippen molar-refractivity contribution in [1.29, 1.82) is 0 Å². The Morgan fingerprint density at radius 3 is 2.42 bits per heavy atom. The normalized spacial score (nSPS) is 16.5. The van der Waals surface area contributed by atoms with Crippen LogP contribution in [0, 0.1) is 0 Å². The second-order valence-electron chi connectivity index (χ2n) is 4.56. The molecule has 0 aromatic heterocycles. The Morgan fingerprint density at radius 2 is 1.84 bits per heavy atom. The van der Waals surface area contributed by atoms with Gasteiger partial charge in [-0.1, -0.05) is 15.9 Å². The highest BCUT2D eigenvalue weighted by atomic mass is 79.9. The van der Waals surface area contributed by atoms with E-state index in [9.17, 15) is 4.79 Å². The van der Waals surface area contributed by atoms with Crippen molar-refractivity contribution in [1.82, 2.24) is 9.80 Å². The number of rotatable bonds is 2. The van der Waals surface area contributed by atoms with Crippen LogP contribution in [-0.4, -0.2) is 56.0 Å². The van der Waals surface area contributed by atoms with Crippen molar-refractivity contribution in [3.05, 3.63) is 26.6 Å². The van der Waals surface area contributed by atoms with Crippen molar-refractivity contribution >= 4 is 37.8 Å². The Balaban J connectivity index is 2.28. The van der Waals surface area contributed by atoms with Crippen molar-refractivity contribution in [2.75, 3.05) is 40.3 Å². The fourth-order valence-corrected chi connectivity index (χ4v) is 3.49. The largest absolute Gasteiger partial charge is 0.495 e. The minimum atomic E-state index is 0.0203. The quantitative estimate of drug-likeness (QED) is 0.776. The van der Waals surface area contributed by atoms with E-state index in [4.69, 9.17) is 4.74 Å². The second-order valence-corrected chi connectivity index (χ2v) is 6.33. The highest BCUT2D eigenvalue weighted by Gasteiger charge is 2.24. The number of hydrogen-bond donors (Lipinski definition) is 0. The average Bonchev–Trinajstić information content (AvgIpc) is 2.38. The molecule has 2 rings (SSSR count). The van der Waals surface area contributed by atoms with Gasteiger partial charge in [-0.15, -0.1) is 0 Å². The molecule has 0 aliphatic carbocycles. The summed E-state index contributed by atoms with van der Waals surface area (Å²) in [6.45, 7) is 3.32. The fraction of sp³-hybridized carbons (Fsp3) is 0.462. The van der Waals surface area contributed by atoms with Crippen molar-refractivity contribution < 1.29 is 9.53 Å². The van der Waals surface area contributed by atoms with Gasteiger partial charge in [0.15, 0.2) is 0 Å². The lowest BCUT2D eigenvalue weighted by Crippen LogP contribution is -2.47. The first-order valence-corrected chi connectivity index (χ1v) is 7.62. The molecular formula is C13H16Br2N2O2. The summed E-state index contributed by atoms with van der Waals surface area (Å²) in [6.07, 6.45) is 0. The number of carbonyl (C=O) groups excluding carboxylic acids is 1. The highest BCUT2D eigenvalue weighted by Crippen LogP contribution is 2.33. The monoisotopic (exact) mass is 390 g/mol. The summed E-state index contributed by atoms with van der Waals surface area (Å²) < 4.78 is 6.98. The minimum Gasteiger partial charge on any atom is -0.495 e. The SMILES string of the molecule is COc1c(Br)cc(Br)cc1C(=O)N1CCN(C)CC1. The van der Waals surface area contributed by atoms with E-state index < -0.39 is 0 Å². The number of amides is 1. The van der Waals surface area contributed by atoms with Gasteiger partial charge < -0.3 is 14.5 Å². The lowest BCUT2D eigenvalue weighted by atomic mass is 10.1. The molecule has 0 spiro atoms.